The first-order valence-corrected chi connectivity index (χ1v) is 9.24. The van der Waals surface area contributed by atoms with Crippen molar-refractivity contribution in [3.63, 3.8) is 0 Å². The van der Waals surface area contributed by atoms with E-state index in [2.05, 4.69) is 25.7 Å². The monoisotopic (exact) mass is 381 g/mol. The fraction of sp³-hybridized carbons (Fsp3) is 0.261. The van der Waals surface area contributed by atoms with Crippen molar-refractivity contribution in [1.29, 1.82) is 0 Å². The maximum absolute atomic E-state index is 12.9. The lowest BCUT2D eigenvalue weighted by atomic mass is 9.78. The van der Waals surface area contributed by atoms with Gasteiger partial charge in [0.1, 0.15) is 5.82 Å². The van der Waals surface area contributed by atoms with Crippen LogP contribution in [0.2, 0.25) is 5.02 Å². The van der Waals surface area contributed by atoms with Gasteiger partial charge in [-0.1, -0.05) is 48.9 Å². The van der Waals surface area contributed by atoms with Crippen molar-refractivity contribution in [3.8, 4) is 11.8 Å². The molecule has 0 unspecified atom stereocenters. The summed E-state index contributed by atoms with van der Waals surface area (Å²) in [7, 11) is 0. The fourth-order valence-electron chi connectivity index (χ4n) is 3.24. The van der Waals surface area contributed by atoms with Crippen molar-refractivity contribution in [2.45, 2.75) is 20.3 Å². The van der Waals surface area contributed by atoms with Gasteiger partial charge in [0, 0.05) is 34.7 Å². The first-order valence-electron chi connectivity index (χ1n) is 8.87. The van der Waals surface area contributed by atoms with E-state index in [1.165, 1.54) is 17.7 Å². The smallest absolute Gasteiger partial charge is 0.253 e. The Kier molecular flexibility index (Phi) is 5.68. The molecular weight excluding hydrogens is 361 g/mol. The number of likely N-dealkylation sites (tertiary alicyclic amines) is 1. The third-order valence-electron chi connectivity index (χ3n) is 4.77. The highest BCUT2D eigenvalue weighted by atomic mass is 35.5. The molecule has 0 saturated carbocycles. The number of hydrogen-bond acceptors (Lipinski definition) is 1. The first-order chi connectivity index (χ1) is 12.8. The predicted molar refractivity (Wildman–Crippen MR) is 107 cm³/mol. The maximum Gasteiger partial charge on any atom is 0.253 e. The van der Waals surface area contributed by atoms with Crippen molar-refractivity contribution in [2.75, 3.05) is 13.1 Å². The standard InChI is InChI=1S/C23H21ClFNO/c1-23(2)16-26(22(27)18-6-4-8-20(24)15-18)14-13-19(23)7-3-5-17-9-11-21(25)12-10-17/h4,6-12,15H,13-14,16H2,1-2H3/b19-7+. The van der Waals surface area contributed by atoms with Gasteiger partial charge in [0.25, 0.3) is 5.91 Å². The number of benzene rings is 2. The average molecular weight is 382 g/mol. The van der Waals surface area contributed by atoms with Gasteiger partial charge in [-0.15, -0.1) is 0 Å². The highest BCUT2D eigenvalue weighted by Gasteiger charge is 2.33. The lowest BCUT2D eigenvalue weighted by molar-refractivity contribution is 0.0663. The van der Waals surface area contributed by atoms with E-state index in [1.54, 1.807) is 36.4 Å². The molecule has 0 aromatic heterocycles. The lowest BCUT2D eigenvalue weighted by Gasteiger charge is -2.40. The molecule has 1 fully saturated rings. The van der Waals surface area contributed by atoms with Crippen molar-refractivity contribution in [1.82, 2.24) is 4.90 Å². The number of carbonyl (C=O) groups is 1. The second-order valence-corrected chi connectivity index (χ2v) is 7.75. The highest BCUT2D eigenvalue weighted by molar-refractivity contribution is 6.30. The van der Waals surface area contributed by atoms with Crippen LogP contribution in [-0.2, 0) is 0 Å². The molecule has 0 radical (unpaired) electrons. The molecule has 138 valence electrons. The molecule has 0 N–H and O–H groups in total. The Balaban J connectivity index is 1.72. The third-order valence-corrected chi connectivity index (χ3v) is 5.01. The summed E-state index contributed by atoms with van der Waals surface area (Å²) in [6.07, 6.45) is 2.71. The number of halogens is 2. The van der Waals surface area contributed by atoms with Gasteiger partial charge in [-0.3, -0.25) is 4.79 Å². The van der Waals surface area contributed by atoms with Gasteiger partial charge in [0.05, 0.1) is 0 Å². The maximum atomic E-state index is 12.9. The summed E-state index contributed by atoms with van der Waals surface area (Å²) in [6.45, 7) is 5.52. The molecule has 3 rings (SSSR count). The minimum absolute atomic E-state index is 0.00187. The molecule has 2 aromatic carbocycles. The van der Waals surface area contributed by atoms with Gasteiger partial charge in [0.2, 0.25) is 0 Å². The summed E-state index contributed by atoms with van der Waals surface area (Å²) in [6, 6.07) is 13.2. The van der Waals surface area contributed by atoms with Crippen LogP contribution in [0.4, 0.5) is 4.39 Å². The zero-order valence-electron chi connectivity index (χ0n) is 15.4. The number of allylic oxidation sites excluding steroid dienone is 1. The van der Waals surface area contributed by atoms with Crippen molar-refractivity contribution >= 4 is 17.5 Å². The molecule has 0 aliphatic carbocycles. The van der Waals surface area contributed by atoms with Crippen LogP contribution < -0.4 is 0 Å². The SMILES string of the molecule is CC1(C)CN(C(=O)c2cccc(Cl)c2)CC/C1=C\C#Cc1ccc(F)cc1. The highest BCUT2D eigenvalue weighted by Crippen LogP contribution is 2.34. The Morgan fingerprint density at radius 1 is 1.22 bits per heavy atom. The predicted octanol–water partition coefficient (Wildman–Crippen LogP) is 5.33. The first kappa shape index (κ1) is 19.2. The molecule has 2 aromatic rings. The van der Waals surface area contributed by atoms with Crippen LogP contribution in [0.3, 0.4) is 0 Å². The third kappa shape index (κ3) is 4.78. The number of piperidine rings is 1. The summed E-state index contributed by atoms with van der Waals surface area (Å²) in [5, 5.41) is 0.564. The Labute approximate surface area is 164 Å². The molecule has 1 saturated heterocycles. The van der Waals surface area contributed by atoms with Crippen molar-refractivity contribution < 1.29 is 9.18 Å². The zero-order chi connectivity index (χ0) is 19.4. The van der Waals surface area contributed by atoms with E-state index in [0.29, 0.717) is 23.7 Å². The summed E-state index contributed by atoms with van der Waals surface area (Å²) < 4.78 is 12.9. The quantitative estimate of drug-likeness (QED) is 0.611. The van der Waals surface area contributed by atoms with Crippen molar-refractivity contribution in [2.24, 2.45) is 5.41 Å². The van der Waals surface area contributed by atoms with E-state index in [-0.39, 0.29) is 17.1 Å². The van der Waals surface area contributed by atoms with Gasteiger partial charge >= 0.3 is 0 Å². The number of carbonyl (C=O) groups excluding carboxylic acids is 1. The Hall–Kier alpha value is -2.57. The van der Waals surface area contributed by atoms with Crippen LogP contribution in [0.1, 0.15) is 36.2 Å². The normalized spacial score (nSPS) is 17.3. The van der Waals surface area contributed by atoms with Crippen LogP contribution in [0.15, 0.2) is 60.2 Å². The van der Waals surface area contributed by atoms with E-state index in [0.717, 1.165) is 12.0 Å². The van der Waals surface area contributed by atoms with Gasteiger partial charge in [-0.2, -0.15) is 0 Å². The molecular formula is C23H21ClFNO. The second-order valence-electron chi connectivity index (χ2n) is 7.32. The van der Waals surface area contributed by atoms with Crippen LogP contribution >= 0.6 is 11.6 Å². The number of hydrogen-bond donors (Lipinski definition) is 0. The molecule has 1 aliphatic heterocycles. The Morgan fingerprint density at radius 2 is 1.96 bits per heavy atom. The van der Waals surface area contributed by atoms with Gasteiger partial charge in [-0.25, -0.2) is 4.39 Å². The van der Waals surface area contributed by atoms with Crippen LogP contribution in [0, 0.1) is 23.1 Å². The largest absolute Gasteiger partial charge is 0.337 e. The molecule has 1 heterocycles. The molecule has 27 heavy (non-hydrogen) atoms. The number of amides is 1. The summed E-state index contributed by atoms with van der Waals surface area (Å²) in [5.41, 5.74) is 2.44. The van der Waals surface area contributed by atoms with E-state index < -0.39 is 0 Å². The van der Waals surface area contributed by atoms with Gasteiger partial charge in [-0.05, 0) is 55.0 Å². The minimum Gasteiger partial charge on any atom is -0.337 e. The minimum atomic E-state index is -0.267. The van der Waals surface area contributed by atoms with Crippen LogP contribution in [0.5, 0.6) is 0 Å². The molecule has 2 nitrogen and oxygen atoms in total. The second kappa shape index (κ2) is 7.98. The molecule has 0 spiro atoms. The van der Waals surface area contributed by atoms with E-state index in [1.807, 2.05) is 11.0 Å². The lowest BCUT2D eigenvalue weighted by Crippen LogP contribution is -2.44. The molecule has 1 amide bonds. The van der Waals surface area contributed by atoms with Gasteiger partial charge < -0.3 is 4.90 Å². The van der Waals surface area contributed by atoms with E-state index >= 15 is 0 Å². The van der Waals surface area contributed by atoms with Crippen LogP contribution in [0.25, 0.3) is 0 Å². The fourth-order valence-corrected chi connectivity index (χ4v) is 3.43. The average Bonchev–Trinajstić information content (AvgIpc) is 2.63. The van der Waals surface area contributed by atoms with Crippen molar-refractivity contribution in [3.05, 3.63) is 82.1 Å². The summed E-state index contributed by atoms with van der Waals surface area (Å²) >= 11 is 6.01. The van der Waals surface area contributed by atoms with E-state index in [9.17, 15) is 9.18 Å². The van der Waals surface area contributed by atoms with Crippen LogP contribution in [-0.4, -0.2) is 23.9 Å². The Bertz CT molecular complexity index is 935. The molecule has 1 aliphatic rings. The van der Waals surface area contributed by atoms with E-state index in [4.69, 9.17) is 11.6 Å². The Morgan fingerprint density at radius 3 is 2.63 bits per heavy atom. The number of rotatable bonds is 1. The molecule has 0 atom stereocenters. The summed E-state index contributed by atoms with van der Waals surface area (Å²) in [5.74, 6) is 5.84. The summed E-state index contributed by atoms with van der Waals surface area (Å²) in [4.78, 5) is 14.6. The van der Waals surface area contributed by atoms with Gasteiger partial charge in [0.15, 0.2) is 0 Å². The molecule has 4 heteroatoms. The molecule has 0 bridgehead atoms. The zero-order valence-corrected chi connectivity index (χ0v) is 16.2. The number of nitrogens with zero attached hydrogens (tertiary/aromatic N) is 1. The topological polar surface area (TPSA) is 20.3 Å².